The number of carbonyl (C=O) groups is 2. The van der Waals surface area contributed by atoms with E-state index in [-0.39, 0.29) is 17.9 Å². The number of nitrogens with one attached hydrogen (secondary N) is 1. The molecule has 0 bridgehead atoms. The second-order valence-corrected chi connectivity index (χ2v) is 7.99. The molecule has 0 radical (unpaired) electrons. The van der Waals surface area contributed by atoms with Crippen molar-refractivity contribution in [3.05, 3.63) is 70.8 Å². The van der Waals surface area contributed by atoms with Crippen molar-refractivity contribution in [2.75, 3.05) is 0 Å². The molecule has 0 aliphatic carbocycles. The first-order chi connectivity index (χ1) is 13.8. The third kappa shape index (κ3) is 7.04. The smallest absolute Gasteiger partial charge is 0.242 e. The molecule has 4 nitrogen and oxygen atoms in total. The predicted octanol–water partition coefficient (Wildman–Crippen LogP) is 4.57. The lowest BCUT2D eigenvalue weighted by atomic mass is 10.1. The molecule has 1 N–H and O–H groups in total. The van der Waals surface area contributed by atoms with Crippen LogP contribution in [-0.2, 0) is 22.6 Å². The van der Waals surface area contributed by atoms with E-state index < -0.39 is 6.04 Å². The van der Waals surface area contributed by atoms with E-state index in [0.29, 0.717) is 19.4 Å². The van der Waals surface area contributed by atoms with Crippen LogP contribution in [-0.4, -0.2) is 28.8 Å². The van der Waals surface area contributed by atoms with Gasteiger partial charge in [0.25, 0.3) is 0 Å². The zero-order valence-electron chi connectivity index (χ0n) is 18.4. The molecule has 0 fully saturated rings. The summed E-state index contributed by atoms with van der Waals surface area (Å²) in [6.45, 7) is 10.4. The second kappa shape index (κ2) is 10.8. The lowest BCUT2D eigenvalue weighted by Crippen LogP contribution is -2.49. The maximum Gasteiger partial charge on any atom is 0.242 e. The van der Waals surface area contributed by atoms with Crippen molar-refractivity contribution in [2.45, 2.75) is 72.5 Å². The Labute approximate surface area is 175 Å². The van der Waals surface area contributed by atoms with Crippen LogP contribution >= 0.6 is 0 Å². The van der Waals surface area contributed by atoms with Gasteiger partial charge in [-0.2, -0.15) is 0 Å². The van der Waals surface area contributed by atoms with Crippen LogP contribution in [0.1, 0.15) is 55.9 Å². The summed E-state index contributed by atoms with van der Waals surface area (Å²) in [6.07, 6.45) is 1.91. The van der Waals surface area contributed by atoms with Crippen LogP contribution in [0.15, 0.2) is 48.5 Å². The van der Waals surface area contributed by atoms with Gasteiger partial charge in [0.05, 0.1) is 0 Å². The van der Waals surface area contributed by atoms with Crippen molar-refractivity contribution in [3.63, 3.8) is 0 Å². The molecule has 29 heavy (non-hydrogen) atoms. The Morgan fingerprint density at radius 1 is 0.897 bits per heavy atom. The summed E-state index contributed by atoms with van der Waals surface area (Å²) in [5, 5.41) is 3.01. The number of nitrogens with zero attached hydrogens (tertiary/aromatic N) is 1. The van der Waals surface area contributed by atoms with Gasteiger partial charge in [-0.05, 0) is 51.7 Å². The van der Waals surface area contributed by atoms with E-state index in [1.54, 1.807) is 4.90 Å². The Kier molecular flexibility index (Phi) is 8.44. The van der Waals surface area contributed by atoms with Crippen LogP contribution in [0.3, 0.4) is 0 Å². The largest absolute Gasteiger partial charge is 0.352 e. The molecular formula is C25H34N2O2. The molecule has 2 amide bonds. The number of rotatable bonds is 9. The maximum atomic E-state index is 13.1. The minimum Gasteiger partial charge on any atom is -0.352 e. The monoisotopic (exact) mass is 394 g/mol. The molecule has 0 heterocycles. The van der Waals surface area contributed by atoms with E-state index in [9.17, 15) is 9.59 Å². The van der Waals surface area contributed by atoms with Crippen LogP contribution in [0.5, 0.6) is 0 Å². The molecule has 2 rings (SSSR count). The van der Waals surface area contributed by atoms with Gasteiger partial charge in [0, 0.05) is 19.0 Å². The van der Waals surface area contributed by atoms with Crippen LogP contribution < -0.4 is 5.32 Å². The average molecular weight is 395 g/mol. The van der Waals surface area contributed by atoms with Gasteiger partial charge in [0.15, 0.2) is 0 Å². The highest BCUT2D eigenvalue weighted by atomic mass is 16.2. The van der Waals surface area contributed by atoms with Gasteiger partial charge >= 0.3 is 0 Å². The molecular weight excluding hydrogens is 360 g/mol. The number of hydrogen-bond donors (Lipinski definition) is 1. The lowest BCUT2D eigenvalue weighted by Gasteiger charge is -2.30. The van der Waals surface area contributed by atoms with E-state index in [2.05, 4.69) is 36.5 Å². The molecule has 0 saturated heterocycles. The molecule has 0 aromatic heterocycles. The molecule has 0 aliphatic heterocycles. The minimum atomic E-state index is -0.518. The number of carbonyl (C=O) groups excluding carboxylic acids is 2. The lowest BCUT2D eigenvalue weighted by molar-refractivity contribution is -0.140. The van der Waals surface area contributed by atoms with Gasteiger partial charge in [0.1, 0.15) is 6.04 Å². The summed E-state index contributed by atoms with van der Waals surface area (Å²) >= 11 is 0. The quantitative estimate of drug-likeness (QED) is 0.677. The zero-order chi connectivity index (χ0) is 21.4. The van der Waals surface area contributed by atoms with E-state index in [0.717, 1.165) is 17.5 Å². The first-order valence-electron chi connectivity index (χ1n) is 10.5. The van der Waals surface area contributed by atoms with Gasteiger partial charge in [-0.1, -0.05) is 66.6 Å². The fraction of sp³-hybridized carbons (Fsp3) is 0.440. The van der Waals surface area contributed by atoms with E-state index in [4.69, 9.17) is 0 Å². The van der Waals surface area contributed by atoms with Crippen molar-refractivity contribution in [1.82, 2.24) is 10.2 Å². The van der Waals surface area contributed by atoms with Crippen LogP contribution in [0, 0.1) is 13.8 Å². The molecule has 2 atom stereocenters. The molecule has 2 aromatic rings. The zero-order valence-corrected chi connectivity index (χ0v) is 18.4. The summed E-state index contributed by atoms with van der Waals surface area (Å²) in [4.78, 5) is 27.5. The Morgan fingerprint density at radius 2 is 1.41 bits per heavy atom. The second-order valence-electron chi connectivity index (χ2n) is 7.99. The van der Waals surface area contributed by atoms with Gasteiger partial charge < -0.3 is 10.2 Å². The number of aryl methyl sites for hydroxylation is 3. The number of amides is 2. The highest BCUT2D eigenvalue weighted by Crippen LogP contribution is 2.14. The fourth-order valence-corrected chi connectivity index (χ4v) is 3.09. The molecule has 0 aliphatic rings. The maximum absolute atomic E-state index is 13.1. The molecule has 0 unspecified atom stereocenters. The molecule has 0 spiro atoms. The van der Waals surface area contributed by atoms with E-state index in [1.165, 1.54) is 11.1 Å². The first kappa shape index (κ1) is 22.7. The van der Waals surface area contributed by atoms with Crippen molar-refractivity contribution in [1.29, 1.82) is 0 Å². The normalized spacial score (nSPS) is 12.9. The minimum absolute atomic E-state index is 0.00190. The van der Waals surface area contributed by atoms with Crippen LogP contribution in [0.4, 0.5) is 0 Å². The Bertz CT molecular complexity index is 797. The molecule has 2 aromatic carbocycles. The summed E-state index contributed by atoms with van der Waals surface area (Å²) in [7, 11) is 0. The molecule has 0 saturated carbocycles. The first-order valence-corrected chi connectivity index (χ1v) is 10.5. The number of benzene rings is 2. The topological polar surface area (TPSA) is 49.4 Å². The standard InChI is InChI=1S/C25H34N2O2/c1-6-20(4)26-25(29)21(5)27(17-23-13-9-19(3)10-14-23)24(28)16-15-22-11-7-18(2)8-12-22/h7-14,20-21H,6,15-17H2,1-5H3,(H,26,29)/t20-,21-/m0/s1. The third-order valence-corrected chi connectivity index (χ3v) is 5.39. The van der Waals surface area contributed by atoms with Gasteiger partial charge in [0.2, 0.25) is 11.8 Å². The van der Waals surface area contributed by atoms with Crippen molar-refractivity contribution in [2.24, 2.45) is 0 Å². The summed E-state index contributed by atoms with van der Waals surface area (Å²) in [5.74, 6) is -0.104. The predicted molar refractivity (Wildman–Crippen MR) is 119 cm³/mol. The Morgan fingerprint density at radius 3 is 1.93 bits per heavy atom. The Hall–Kier alpha value is -2.62. The summed E-state index contributed by atoms with van der Waals surface area (Å²) in [5.41, 5.74) is 4.54. The van der Waals surface area contributed by atoms with Crippen LogP contribution in [0.2, 0.25) is 0 Å². The molecule has 4 heteroatoms. The van der Waals surface area contributed by atoms with Crippen LogP contribution in [0.25, 0.3) is 0 Å². The summed E-state index contributed by atoms with van der Waals surface area (Å²) < 4.78 is 0. The third-order valence-electron chi connectivity index (χ3n) is 5.39. The van der Waals surface area contributed by atoms with Gasteiger partial charge in [-0.3, -0.25) is 9.59 Å². The SMILES string of the molecule is CC[C@H](C)NC(=O)[C@H](C)N(Cc1ccc(C)cc1)C(=O)CCc1ccc(C)cc1. The number of hydrogen-bond acceptors (Lipinski definition) is 2. The highest BCUT2D eigenvalue weighted by Gasteiger charge is 2.26. The summed E-state index contributed by atoms with van der Waals surface area (Å²) in [6, 6.07) is 15.9. The average Bonchev–Trinajstić information content (AvgIpc) is 2.72. The Balaban J connectivity index is 2.13. The van der Waals surface area contributed by atoms with Gasteiger partial charge in [-0.25, -0.2) is 0 Å². The van der Waals surface area contributed by atoms with Crippen molar-refractivity contribution >= 4 is 11.8 Å². The molecule has 156 valence electrons. The fourth-order valence-electron chi connectivity index (χ4n) is 3.09. The van der Waals surface area contributed by atoms with Crippen molar-refractivity contribution < 1.29 is 9.59 Å². The van der Waals surface area contributed by atoms with E-state index in [1.807, 2.05) is 52.0 Å². The van der Waals surface area contributed by atoms with Gasteiger partial charge in [-0.15, -0.1) is 0 Å². The van der Waals surface area contributed by atoms with E-state index >= 15 is 0 Å². The highest BCUT2D eigenvalue weighted by molar-refractivity contribution is 5.87. The van der Waals surface area contributed by atoms with Crippen molar-refractivity contribution in [3.8, 4) is 0 Å².